The van der Waals surface area contributed by atoms with Gasteiger partial charge in [-0.1, -0.05) is 33.1 Å². The summed E-state index contributed by atoms with van der Waals surface area (Å²) >= 11 is 0. The molecule has 1 aliphatic carbocycles. The molecule has 1 saturated carbocycles. The number of ketones is 1. The van der Waals surface area contributed by atoms with Crippen molar-refractivity contribution in [2.75, 3.05) is 0 Å². The number of hydrogen-bond donors (Lipinski definition) is 1. The SMILES string of the molecule is CCCCCC1C(=O)CC[C@H]1C(C)C(=O)O. The molecule has 16 heavy (non-hydrogen) atoms. The second-order valence-electron chi connectivity index (χ2n) is 4.90. The van der Waals surface area contributed by atoms with E-state index in [4.69, 9.17) is 5.11 Å². The van der Waals surface area contributed by atoms with E-state index in [0.29, 0.717) is 6.42 Å². The van der Waals surface area contributed by atoms with Gasteiger partial charge in [-0.2, -0.15) is 0 Å². The molecule has 2 unspecified atom stereocenters. The summed E-state index contributed by atoms with van der Waals surface area (Å²) in [7, 11) is 0. The lowest BCUT2D eigenvalue weighted by molar-refractivity contribution is -0.143. The van der Waals surface area contributed by atoms with Crippen molar-refractivity contribution in [2.24, 2.45) is 17.8 Å². The third kappa shape index (κ3) is 3.06. The molecule has 0 aromatic heterocycles. The molecule has 3 atom stereocenters. The van der Waals surface area contributed by atoms with Crippen molar-refractivity contribution in [3.05, 3.63) is 0 Å². The number of carbonyl (C=O) groups excluding carboxylic acids is 1. The Balaban J connectivity index is 2.55. The minimum atomic E-state index is -0.764. The number of hydrogen-bond acceptors (Lipinski definition) is 2. The highest BCUT2D eigenvalue weighted by Crippen LogP contribution is 2.37. The van der Waals surface area contributed by atoms with Crippen LogP contribution in [0.2, 0.25) is 0 Å². The fourth-order valence-corrected chi connectivity index (χ4v) is 2.71. The lowest BCUT2D eigenvalue weighted by atomic mass is 9.82. The molecule has 0 spiro atoms. The smallest absolute Gasteiger partial charge is 0.306 e. The zero-order chi connectivity index (χ0) is 12.1. The maximum absolute atomic E-state index is 11.7. The van der Waals surface area contributed by atoms with Crippen LogP contribution in [0, 0.1) is 17.8 Å². The summed E-state index contributed by atoms with van der Waals surface area (Å²) in [5.74, 6) is -0.771. The first-order valence-corrected chi connectivity index (χ1v) is 6.33. The minimum absolute atomic E-state index is 0.0117. The van der Waals surface area contributed by atoms with Crippen molar-refractivity contribution >= 4 is 11.8 Å². The van der Waals surface area contributed by atoms with Gasteiger partial charge in [-0.3, -0.25) is 9.59 Å². The first-order chi connectivity index (χ1) is 7.57. The molecule has 0 amide bonds. The predicted octanol–water partition coefficient (Wildman–Crippen LogP) is 2.88. The maximum Gasteiger partial charge on any atom is 0.306 e. The van der Waals surface area contributed by atoms with E-state index in [1.54, 1.807) is 6.92 Å². The molecule has 1 rings (SSSR count). The molecule has 92 valence electrons. The summed E-state index contributed by atoms with van der Waals surface area (Å²) in [6.07, 6.45) is 5.56. The molecule has 0 bridgehead atoms. The Hall–Kier alpha value is -0.860. The van der Waals surface area contributed by atoms with Gasteiger partial charge in [-0.05, 0) is 18.8 Å². The average Bonchev–Trinajstić information content (AvgIpc) is 2.60. The third-order valence-electron chi connectivity index (χ3n) is 3.80. The van der Waals surface area contributed by atoms with E-state index in [1.165, 1.54) is 0 Å². The maximum atomic E-state index is 11.7. The third-order valence-corrected chi connectivity index (χ3v) is 3.80. The van der Waals surface area contributed by atoms with Crippen LogP contribution in [0.15, 0.2) is 0 Å². The quantitative estimate of drug-likeness (QED) is 0.708. The van der Waals surface area contributed by atoms with Crippen molar-refractivity contribution in [3.8, 4) is 0 Å². The lowest BCUT2D eigenvalue weighted by Gasteiger charge is -2.21. The molecule has 0 aliphatic heterocycles. The summed E-state index contributed by atoms with van der Waals surface area (Å²) in [5, 5.41) is 9.01. The number of Topliss-reactive ketones (excluding diaryl/α,β-unsaturated/α-hetero) is 1. The zero-order valence-corrected chi connectivity index (χ0v) is 10.2. The van der Waals surface area contributed by atoms with Crippen LogP contribution >= 0.6 is 0 Å². The van der Waals surface area contributed by atoms with E-state index >= 15 is 0 Å². The van der Waals surface area contributed by atoms with Gasteiger partial charge in [-0.15, -0.1) is 0 Å². The lowest BCUT2D eigenvalue weighted by Crippen LogP contribution is -2.26. The Morgan fingerprint density at radius 1 is 1.50 bits per heavy atom. The molecule has 1 N–H and O–H groups in total. The Labute approximate surface area is 97.2 Å². The van der Waals surface area contributed by atoms with Gasteiger partial charge in [0.25, 0.3) is 0 Å². The summed E-state index contributed by atoms with van der Waals surface area (Å²) in [4.78, 5) is 22.7. The number of carboxylic acid groups (broad SMARTS) is 1. The molecular formula is C13H22O3. The molecule has 0 heterocycles. The first kappa shape index (κ1) is 13.2. The molecule has 3 nitrogen and oxygen atoms in total. The van der Waals surface area contributed by atoms with Crippen molar-refractivity contribution in [2.45, 2.75) is 52.4 Å². The van der Waals surface area contributed by atoms with Crippen molar-refractivity contribution in [1.29, 1.82) is 0 Å². The van der Waals surface area contributed by atoms with Crippen LogP contribution in [0.25, 0.3) is 0 Å². The summed E-state index contributed by atoms with van der Waals surface area (Å²) < 4.78 is 0. The number of unbranched alkanes of at least 4 members (excludes halogenated alkanes) is 2. The molecule has 0 saturated heterocycles. The summed E-state index contributed by atoms with van der Waals surface area (Å²) in [5.41, 5.74) is 0. The van der Waals surface area contributed by atoms with Gasteiger partial charge >= 0.3 is 5.97 Å². The first-order valence-electron chi connectivity index (χ1n) is 6.33. The molecular weight excluding hydrogens is 204 g/mol. The second kappa shape index (κ2) is 6.02. The topological polar surface area (TPSA) is 54.4 Å². The standard InChI is InChI=1S/C13H22O3/c1-3-4-5-6-11-10(7-8-12(11)14)9(2)13(15)16/h9-11H,3-8H2,1-2H3,(H,15,16)/t9?,10-,11?/m0/s1. The molecule has 0 aromatic carbocycles. The van der Waals surface area contributed by atoms with E-state index in [-0.39, 0.29) is 23.5 Å². The summed E-state index contributed by atoms with van der Waals surface area (Å²) in [6.45, 7) is 3.87. The van der Waals surface area contributed by atoms with Crippen LogP contribution in [0.4, 0.5) is 0 Å². The Morgan fingerprint density at radius 2 is 2.19 bits per heavy atom. The van der Waals surface area contributed by atoms with Crippen LogP contribution < -0.4 is 0 Å². The average molecular weight is 226 g/mol. The van der Waals surface area contributed by atoms with Crippen LogP contribution in [0.5, 0.6) is 0 Å². The van der Waals surface area contributed by atoms with Crippen molar-refractivity contribution in [1.82, 2.24) is 0 Å². The fourth-order valence-electron chi connectivity index (χ4n) is 2.71. The number of rotatable bonds is 6. The minimum Gasteiger partial charge on any atom is -0.481 e. The van der Waals surface area contributed by atoms with Gasteiger partial charge in [-0.25, -0.2) is 0 Å². The fraction of sp³-hybridized carbons (Fsp3) is 0.846. The Bertz CT molecular complexity index is 260. The monoisotopic (exact) mass is 226 g/mol. The molecule has 1 fully saturated rings. The molecule has 0 radical (unpaired) electrons. The highest BCUT2D eigenvalue weighted by molar-refractivity contribution is 5.84. The van der Waals surface area contributed by atoms with Gasteiger partial charge in [0.1, 0.15) is 5.78 Å². The highest BCUT2D eigenvalue weighted by atomic mass is 16.4. The van der Waals surface area contributed by atoms with Crippen molar-refractivity contribution in [3.63, 3.8) is 0 Å². The second-order valence-corrected chi connectivity index (χ2v) is 4.90. The van der Waals surface area contributed by atoms with Crippen LogP contribution in [0.1, 0.15) is 52.4 Å². The number of carbonyl (C=O) groups is 2. The largest absolute Gasteiger partial charge is 0.481 e. The number of carboxylic acids is 1. The predicted molar refractivity (Wildman–Crippen MR) is 62.2 cm³/mol. The molecule has 1 aliphatic rings. The molecule has 0 aromatic rings. The van der Waals surface area contributed by atoms with Gasteiger partial charge in [0.05, 0.1) is 5.92 Å². The van der Waals surface area contributed by atoms with Crippen LogP contribution in [-0.4, -0.2) is 16.9 Å². The molecule has 3 heteroatoms. The van der Waals surface area contributed by atoms with Crippen molar-refractivity contribution < 1.29 is 14.7 Å². The van der Waals surface area contributed by atoms with Gasteiger partial charge in [0.15, 0.2) is 0 Å². The Morgan fingerprint density at radius 3 is 2.75 bits per heavy atom. The van der Waals surface area contributed by atoms with E-state index in [2.05, 4.69) is 6.92 Å². The Kier molecular flexibility index (Phi) is 4.97. The van der Waals surface area contributed by atoms with Gasteiger partial charge in [0, 0.05) is 12.3 Å². The van der Waals surface area contributed by atoms with E-state index in [0.717, 1.165) is 32.1 Å². The van der Waals surface area contributed by atoms with Crippen LogP contribution in [0.3, 0.4) is 0 Å². The van der Waals surface area contributed by atoms with E-state index < -0.39 is 5.97 Å². The summed E-state index contributed by atoms with van der Waals surface area (Å²) in [6, 6.07) is 0. The zero-order valence-electron chi connectivity index (χ0n) is 10.2. The number of aliphatic carboxylic acids is 1. The van der Waals surface area contributed by atoms with Gasteiger partial charge in [0.2, 0.25) is 0 Å². The van der Waals surface area contributed by atoms with Gasteiger partial charge < -0.3 is 5.11 Å². The van der Waals surface area contributed by atoms with Crippen LogP contribution in [-0.2, 0) is 9.59 Å². The highest BCUT2D eigenvalue weighted by Gasteiger charge is 2.39. The van der Waals surface area contributed by atoms with E-state index in [9.17, 15) is 9.59 Å². The normalized spacial score (nSPS) is 27.0. The van der Waals surface area contributed by atoms with E-state index in [1.807, 2.05) is 0 Å².